The second kappa shape index (κ2) is 5.66. The summed E-state index contributed by atoms with van der Waals surface area (Å²) >= 11 is 0. The highest BCUT2D eigenvalue weighted by atomic mass is 32.2. The molecule has 0 aromatic carbocycles. The van der Waals surface area contributed by atoms with Gasteiger partial charge in [0, 0.05) is 0 Å². The van der Waals surface area contributed by atoms with Gasteiger partial charge in [0.05, 0.1) is 18.2 Å². The Bertz CT molecular complexity index is 338. The van der Waals surface area contributed by atoms with Crippen LogP contribution in [0, 0.1) is 0 Å². The Balaban J connectivity index is 4.30. The fourth-order valence-corrected chi connectivity index (χ4v) is 1.96. The lowest BCUT2D eigenvalue weighted by Crippen LogP contribution is -2.45. The molecule has 88 valence electrons. The smallest absolute Gasteiger partial charge is 0.250 e. The number of carbonyl (C=O) groups is 2. The molecule has 0 saturated carbocycles. The number of nitrogens with one attached hydrogen (secondary N) is 1. The zero-order valence-electron chi connectivity index (χ0n) is 8.39. The molecule has 5 N–H and O–H groups in total. The number of hydrogen-bond acceptors (Lipinski definition) is 5. The summed E-state index contributed by atoms with van der Waals surface area (Å²) in [5, 5.41) is 0. The average Bonchev–Trinajstić information content (AvgIpc) is 2.01. The van der Waals surface area contributed by atoms with Crippen LogP contribution in [0.15, 0.2) is 0 Å². The Hall–Kier alpha value is -1.15. The maximum Gasteiger partial charge on any atom is 0.250 e. The van der Waals surface area contributed by atoms with E-state index < -0.39 is 27.9 Å². The van der Waals surface area contributed by atoms with Gasteiger partial charge in [-0.1, -0.05) is 6.92 Å². The number of nitrogens with two attached hydrogens (primary N) is 2. The van der Waals surface area contributed by atoms with Crippen molar-refractivity contribution in [2.75, 3.05) is 5.75 Å². The lowest BCUT2D eigenvalue weighted by Gasteiger charge is -2.10. The van der Waals surface area contributed by atoms with E-state index in [1.807, 2.05) is 0 Å². The SMILES string of the molecule is CCCS(=O)(=O)NC(=O)C(N)CC(N)=O. The van der Waals surface area contributed by atoms with E-state index in [0.29, 0.717) is 6.42 Å². The molecule has 0 spiro atoms. The van der Waals surface area contributed by atoms with E-state index in [-0.39, 0.29) is 12.2 Å². The quantitative estimate of drug-likeness (QED) is 0.493. The summed E-state index contributed by atoms with van der Waals surface area (Å²) in [6, 6.07) is -1.23. The predicted molar refractivity (Wildman–Crippen MR) is 54.0 cm³/mol. The van der Waals surface area contributed by atoms with Crippen LogP contribution in [-0.2, 0) is 19.6 Å². The maximum absolute atomic E-state index is 11.1. The van der Waals surface area contributed by atoms with Crippen LogP contribution in [0.25, 0.3) is 0 Å². The van der Waals surface area contributed by atoms with Crippen LogP contribution >= 0.6 is 0 Å². The van der Waals surface area contributed by atoms with Gasteiger partial charge in [0.2, 0.25) is 15.9 Å². The standard InChI is InChI=1S/C7H15N3O4S/c1-2-3-15(13,14)10-7(12)5(8)4-6(9)11/h5H,2-4,8H2,1H3,(H2,9,11)(H,10,12). The molecule has 0 radical (unpaired) electrons. The molecule has 0 aliphatic rings. The topological polar surface area (TPSA) is 132 Å². The number of hydrogen-bond donors (Lipinski definition) is 3. The molecular formula is C7H15N3O4S. The number of primary amides is 1. The highest BCUT2D eigenvalue weighted by Crippen LogP contribution is 1.92. The molecule has 1 unspecified atom stereocenters. The molecule has 0 aromatic rings. The molecule has 0 aliphatic carbocycles. The molecule has 0 aliphatic heterocycles. The first kappa shape index (κ1) is 13.8. The Labute approximate surface area is 88.2 Å². The van der Waals surface area contributed by atoms with Crippen LogP contribution < -0.4 is 16.2 Å². The molecule has 0 saturated heterocycles. The molecule has 0 heterocycles. The minimum Gasteiger partial charge on any atom is -0.370 e. The van der Waals surface area contributed by atoms with Crippen LogP contribution in [-0.4, -0.2) is 32.0 Å². The Morgan fingerprint density at radius 3 is 2.33 bits per heavy atom. The zero-order chi connectivity index (χ0) is 12.1. The van der Waals surface area contributed by atoms with Crippen molar-refractivity contribution < 1.29 is 18.0 Å². The van der Waals surface area contributed by atoms with Gasteiger partial charge in [0.15, 0.2) is 0 Å². The van der Waals surface area contributed by atoms with E-state index >= 15 is 0 Å². The van der Waals surface area contributed by atoms with Crippen molar-refractivity contribution in [1.82, 2.24) is 4.72 Å². The summed E-state index contributed by atoms with van der Waals surface area (Å²) in [6.45, 7) is 1.66. The van der Waals surface area contributed by atoms with E-state index in [2.05, 4.69) is 0 Å². The molecule has 15 heavy (non-hydrogen) atoms. The highest BCUT2D eigenvalue weighted by Gasteiger charge is 2.20. The first-order chi connectivity index (χ1) is 6.78. The van der Waals surface area contributed by atoms with Crippen molar-refractivity contribution in [2.24, 2.45) is 11.5 Å². The summed E-state index contributed by atoms with van der Waals surface area (Å²) in [5.74, 6) is -1.84. The normalized spacial score (nSPS) is 13.2. The summed E-state index contributed by atoms with van der Waals surface area (Å²) < 4.78 is 24.0. The monoisotopic (exact) mass is 237 g/mol. The molecule has 2 amide bonds. The van der Waals surface area contributed by atoms with Gasteiger partial charge in [-0.15, -0.1) is 0 Å². The van der Waals surface area contributed by atoms with E-state index in [9.17, 15) is 18.0 Å². The number of sulfonamides is 1. The summed E-state index contributed by atoms with van der Waals surface area (Å²) in [6.07, 6.45) is 0.00114. The lowest BCUT2D eigenvalue weighted by molar-refractivity contribution is -0.125. The van der Waals surface area contributed by atoms with Crippen molar-refractivity contribution in [1.29, 1.82) is 0 Å². The Morgan fingerprint density at radius 1 is 1.40 bits per heavy atom. The molecule has 8 heteroatoms. The second-order valence-electron chi connectivity index (χ2n) is 3.06. The van der Waals surface area contributed by atoms with E-state index in [1.165, 1.54) is 0 Å². The van der Waals surface area contributed by atoms with E-state index in [0.717, 1.165) is 0 Å². The third kappa shape index (κ3) is 6.02. The third-order valence-corrected chi connectivity index (χ3v) is 2.94. The average molecular weight is 237 g/mol. The Morgan fingerprint density at radius 2 is 1.93 bits per heavy atom. The maximum atomic E-state index is 11.1. The Kier molecular flexibility index (Phi) is 5.23. The first-order valence-corrected chi connectivity index (χ1v) is 6.02. The van der Waals surface area contributed by atoms with Crippen LogP contribution in [0.1, 0.15) is 19.8 Å². The lowest BCUT2D eigenvalue weighted by atomic mass is 10.2. The van der Waals surface area contributed by atoms with Crippen molar-refractivity contribution in [2.45, 2.75) is 25.8 Å². The highest BCUT2D eigenvalue weighted by molar-refractivity contribution is 7.90. The fourth-order valence-electron chi connectivity index (χ4n) is 0.858. The van der Waals surface area contributed by atoms with Crippen molar-refractivity contribution in [3.05, 3.63) is 0 Å². The van der Waals surface area contributed by atoms with Gasteiger partial charge in [-0.25, -0.2) is 8.42 Å². The minimum atomic E-state index is -3.64. The first-order valence-electron chi connectivity index (χ1n) is 4.36. The minimum absolute atomic E-state index is 0.165. The van der Waals surface area contributed by atoms with Crippen LogP contribution in [0.2, 0.25) is 0 Å². The summed E-state index contributed by atoms with van der Waals surface area (Å²) in [5.41, 5.74) is 10.0. The van der Waals surface area contributed by atoms with Crippen molar-refractivity contribution in [3.63, 3.8) is 0 Å². The van der Waals surface area contributed by atoms with Gasteiger partial charge in [-0.2, -0.15) is 0 Å². The van der Waals surface area contributed by atoms with Crippen molar-refractivity contribution >= 4 is 21.8 Å². The van der Waals surface area contributed by atoms with Gasteiger partial charge in [-0.05, 0) is 6.42 Å². The molecule has 7 nitrogen and oxygen atoms in total. The molecule has 0 aromatic heterocycles. The summed E-state index contributed by atoms with van der Waals surface area (Å²) in [4.78, 5) is 21.6. The van der Waals surface area contributed by atoms with Gasteiger partial charge >= 0.3 is 0 Å². The van der Waals surface area contributed by atoms with Crippen molar-refractivity contribution in [3.8, 4) is 0 Å². The molecule has 0 bridgehead atoms. The van der Waals surface area contributed by atoms with E-state index in [4.69, 9.17) is 11.5 Å². The number of amides is 2. The van der Waals surface area contributed by atoms with Gasteiger partial charge in [0.25, 0.3) is 5.91 Å². The third-order valence-electron chi connectivity index (χ3n) is 1.49. The summed E-state index contributed by atoms with van der Waals surface area (Å²) in [7, 11) is -3.64. The van der Waals surface area contributed by atoms with E-state index in [1.54, 1.807) is 11.6 Å². The van der Waals surface area contributed by atoms with Crippen LogP contribution in [0.3, 0.4) is 0 Å². The van der Waals surface area contributed by atoms with Crippen LogP contribution in [0.5, 0.6) is 0 Å². The molecular weight excluding hydrogens is 222 g/mol. The van der Waals surface area contributed by atoms with Gasteiger partial charge < -0.3 is 11.5 Å². The van der Waals surface area contributed by atoms with Gasteiger partial charge in [-0.3, -0.25) is 14.3 Å². The number of rotatable bonds is 6. The fraction of sp³-hybridized carbons (Fsp3) is 0.714. The van der Waals surface area contributed by atoms with Gasteiger partial charge in [0.1, 0.15) is 0 Å². The largest absolute Gasteiger partial charge is 0.370 e. The zero-order valence-corrected chi connectivity index (χ0v) is 9.21. The molecule has 0 rings (SSSR count). The molecule has 1 atom stereocenters. The number of carbonyl (C=O) groups excluding carboxylic acids is 2. The second-order valence-corrected chi connectivity index (χ2v) is 4.90. The predicted octanol–water partition coefficient (Wildman–Crippen LogP) is -1.95. The molecule has 0 fully saturated rings. The van der Waals surface area contributed by atoms with Crippen LogP contribution in [0.4, 0.5) is 0 Å².